The van der Waals surface area contributed by atoms with Gasteiger partial charge in [-0.25, -0.2) is 0 Å². The Kier molecular flexibility index (Phi) is 5.28. The Balaban J connectivity index is 1.56. The summed E-state index contributed by atoms with van der Waals surface area (Å²) in [6.07, 6.45) is -4.78. The molecular formula is C26H24F3N3O4. The molecule has 2 aromatic carbocycles. The van der Waals surface area contributed by atoms with Gasteiger partial charge in [0.25, 0.3) is 0 Å². The fourth-order valence-electron chi connectivity index (χ4n) is 5.67. The molecule has 2 N–H and O–H groups in total. The van der Waals surface area contributed by atoms with Gasteiger partial charge in [0.2, 0.25) is 11.8 Å². The molecule has 188 valence electrons. The average Bonchev–Trinajstić information content (AvgIpc) is 3.18. The van der Waals surface area contributed by atoms with Crippen molar-refractivity contribution in [1.82, 2.24) is 9.47 Å². The second-order valence-corrected chi connectivity index (χ2v) is 9.63. The molecule has 0 aliphatic carbocycles. The van der Waals surface area contributed by atoms with Gasteiger partial charge in [-0.05, 0) is 49.7 Å². The van der Waals surface area contributed by atoms with Crippen LogP contribution < -0.4 is 4.74 Å². The highest BCUT2D eigenvalue weighted by Crippen LogP contribution is 2.59. The molecule has 5 rings (SSSR count). The zero-order chi connectivity index (χ0) is 26.0. The van der Waals surface area contributed by atoms with E-state index >= 15 is 0 Å². The summed E-state index contributed by atoms with van der Waals surface area (Å²) in [6, 6.07) is 12.2. The van der Waals surface area contributed by atoms with Crippen molar-refractivity contribution in [2.75, 3.05) is 20.2 Å². The normalized spacial score (nSPS) is 23.4. The van der Waals surface area contributed by atoms with Crippen molar-refractivity contribution in [3.63, 3.8) is 0 Å². The molecule has 2 atom stereocenters. The maximum atomic E-state index is 13.6. The minimum Gasteiger partial charge on any atom is -0.497 e. The molecule has 7 nitrogen and oxygen atoms in total. The molecule has 0 unspecified atom stereocenters. The highest BCUT2D eigenvalue weighted by Gasteiger charge is 2.58. The van der Waals surface area contributed by atoms with Crippen LogP contribution in [0.1, 0.15) is 41.7 Å². The summed E-state index contributed by atoms with van der Waals surface area (Å²) in [4.78, 5) is 2.14. The van der Waals surface area contributed by atoms with Gasteiger partial charge in [0.1, 0.15) is 17.0 Å². The van der Waals surface area contributed by atoms with Crippen LogP contribution in [-0.4, -0.2) is 39.9 Å². The second-order valence-electron chi connectivity index (χ2n) is 9.63. The van der Waals surface area contributed by atoms with Crippen LogP contribution in [0.2, 0.25) is 0 Å². The Morgan fingerprint density at radius 2 is 1.69 bits per heavy atom. The maximum Gasteiger partial charge on any atom is 0.417 e. The lowest BCUT2D eigenvalue weighted by Crippen LogP contribution is -2.51. The second kappa shape index (κ2) is 7.91. The van der Waals surface area contributed by atoms with E-state index in [1.165, 1.54) is 12.1 Å². The number of rotatable bonds is 4. The van der Waals surface area contributed by atoms with Gasteiger partial charge in [0, 0.05) is 19.6 Å². The summed E-state index contributed by atoms with van der Waals surface area (Å²) in [5.41, 5.74) is -2.14. The fourth-order valence-corrected chi connectivity index (χ4v) is 5.67. The predicted molar refractivity (Wildman–Crippen MR) is 123 cm³/mol. The molecule has 0 spiro atoms. The molecule has 3 heterocycles. The largest absolute Gasteiger partial charge is 0.497 e. The molecule has 0 radical (unpaired) electrons. The van der Waals surface area contributed by atoms with Crippen molar-refractivity contribution in [1.29, 1.82) is 5.26 Å². The first kappa shape index (κ1) is 24.0. The molecule has 1 saturated heterocycles. The number of methoxy groups -OCH3 is 1. The molecule has 2 bridgehead atoms. The molecule has 0 amide bonds. The average molecular weight is 499 g/mol. The van der Waals surface area contributed by atoms with Crippen LogP contribution in [0.25, 0.3) is 5.69 Å². The molecule has 36 heavy (non-hydrogen) atoms. The van der Waals surface area contributed by atoms with Crippen molar-refractivity contribution < 1.29 is 32.9 Å². The summed E-state index contributed by atoms with van der Waals surface area (Å²) in [7, 11) is 1.60. The number of hydrogen-bond acceptors (Lipinski definition) is 6. The van der Waals surface area contributed by atoms with Crippen LogP contribution in [0.4, 0.5) is 13.2 Å². The summed E-state index contributed by atoms with van der Waals surface area (Å²) in [5, 5.41) is 31.5. The smallest absolute Gasteiger partial charge is 0.417 e. The Bertz CT molecular complexity index is 1370. The van der Waals surface area contributed by atoms with Crippen molar-refractivity contribution >= 4 is 0 Å². The van der Waals surface area contributed by atoms with Crippen LogP contribution in [0.5, 0.6) is 17.5 Å². The lowest BCUT2D eigenvalue weighted by atomic mass is 9.94. The van der Waals surface area contributed by atoms with E-state index in [4.69, 9.17) is 14.7 Å². The number of hydrogen-bond donors (Lipinski definition) is 2. The van der Waals surface area contributed by atoms with Crippen molar-refractivity contribution in [2.24, 2.45) is 0 Å². The number of halogens is 3. The summed E-state index contributed by atoms with van der Waals surface area (Å²) in [5.74, 6) is -0.0559. The van der Waals surface area contributed by atoms with Crippen LogP contribution in [0.15, 0.2) is 42.5 Å². The minimum absolute atomic E-state index is 0.107. The number of nitrogens with zero attached hydrogens (tertiary/aromatic N) is 3. The summed E-state index contributed by atoms with van der Waals surface area (Å²) < 4.78 is 53.3. The van der Waals surface area contributed by atoms with Crippen molar-refractivity contribution in [3.8, 4) is 29.3 Å². The third-order valence-corrected chi connectivity index (χ3v) is 6.91. The van der Waals surface area contributed by atoms with E-state index < -0.39 is 40.3 Å². The summed E-state index contributed by atoms with van der Waals surface area (Å²) in [6.45, 7) is 4.91. The van der Waals surface area contributed by atoms with Gasteiger partial charge >= 0.3 is 6.18 Å². The predicted octanol–water partition coefficient (Wildman–Crippen LogP) is 4.76. The number of alkyl halides is 3. The third-order valence-electron chi connectivity index (χ3n) is 6.91. The zero-order valence-electron chi connectivity index (χ0n) is 19.8. The highest BCUT2D eigenvalue weighted by molar-refractivity contribution is 5.61. The standard InChI is InChI=1S/C26H24F3N3O4/c1-24-13-31(12-15-5-4-6-18(9-15)35-3)14-25(2,36-24)21-20(24)22(33)32(23(21)34)17-8-7-16(11-30)19(10-17)26(27,28)29/h4-10,33-34H,12-14H2,1-3H3/t24-,25+. The number of nitriles is 1. The molecule has 3 aromatic rings. The number of morpholine rings is 1. The number of aromatic hydroxyl groups is 2. The number of aromatic nitrogens is 1. The van der Waals surface area contributed by atoms with Gasteiger partial charge in [-0.3, -0.25) is 9.47 Å². The number of ether oxygens (including phenoxy) is 2. The molecular weight excluding hydrogens is 475 g/mol. The maximum absolute atomic E-state index is 13.6. The van der Waals surface area contributed by atoms with Gasteiger partial charge < -0.3 is 19.7 Å². The first-order valence-corrected chi connectivity index (χ1v) is 11.2. The molecule has 2 aliphatic rings. The molecule has 0 saturated carbocycles. The van der Waals surface area contributed by atoms with Crippen LogP contribution in [0.3, 0.4) is 0 Å². The van der Waals surface area contributed by atoms with E-state index in [2.05, 4.69) is 4.90 Å². The van der Waals surface area contributed by atoms with E-state index in [1.807, 2.05) is 24.3 Å². The third kappa shape index (κ3) is 3.58. The molecule has 1 fully saturated rings. The highest BCUT2D eigenvalue weighted by atomic mass is 19.4. The topological polar surface area (TPSA) is 90.9 Å². The van der Waals surface area contributed by atoms with Crippen molar-refractivity contribution in [3.05, 3.63) is 70.3 Å². The minimum atomic E-state index is -4.78. The molecule has 1 aromatic heterocycles. The Hall–Kier alpha value is -3.68. The van der Waals surface area contributed by atoms with E-state index in [0.29, 0.717) is 30.8 Å². The van der Waals surface area contributed by atoms with Gasteiger partial charge in [0.15, 0.2) is 0 Å². The van der Waals surface area contributed by atoms with Gasteiger partial charge in [-0.15, -0.1) is 0 Å². The lowest BCUT2D eigenvalue weighted by molar-refractivity contribution is -0.188. The fraction of sp³-hybridized carbons (Fsp3) is 0.346. The molecule has 10 heteroatoms. The monoisotopic (exact) mass is 499 g/mol. The quantitative estimate of drug-likeness (QED) is 0.538. The first-order chi connectivity index (χ1) is 16.9. The Labute approximate surface area is 205 Å². The summed E-state index contributed by atoms with van der Waals surface area (Å²) >= 11 is 0. The number of benzene rings is 2. The SMILES string of the molecule is COc1cccc(CN2C[C@@]3(C)O[C@@](C)(C2)c2c3c(O)n(-c3ccc(C#N)c(C(F)(F)F)c3)c2O)c1. The van der Waals surface area contributed by atoms with E-state index in [-0.39, 0.29) is 5.69 Å². The van der Waals surface area contributed by atoms with Crippen molar-refractivity contribution in [2.45, 2.75) is 37.8 Å². The van der Waals surface area contributed by atoms with Gasteiger partial charge in [-0.2, -0.15) is 18.4 Å². The Morgan fingerprint density at radius 3 is 2.25 bits per heavy atom. The Morgan fingerprint density at radius 1 is 1.06 bits per heavy atom. The lowest BCUT2D eigenvalue weighted by Gasteiger charge is -2.44. The number of fused-ring (bicyclic) bond motifs is 5. The van der Waals surface area contributed by atoms with E-state index in [1.54, 1.807) is 21.0 Å². The first-order valence-electron chi connectivity index (χ1n) is 11.2. The van der Waals surface area contributed by atoms with Gasteiger partial charge in [0.05, 0.1) is 41.1 Å². The van der Waals surface area contributed by atoms with Crippen LogP contribution in [-0.2, 0) is 28.7 Å². The molecule has 2 aliphatic heterocycles. The van der Waals surface area contributed by atoms with E-state index in [0.717, 1.165) is 28.0 Å². The zero-order valence-corrected chi connectivity index (χ0v) is 19.8. The van der Waals surface area contributed by atoms with Gasteiger partial charge in [-0.1, -0.05) is 12.1 Å². The van der Waals surface area contributed by atoms with E-state index in [9.17, 15) is 23.4 Å². The van der Waals surface area contributed by atoms with Crippen LogP contribution in [0, 0.1) is 11.3 Å². The van der Waals surface area contributed by atoms with Crippen LogP contribution >= 0.6 is 0 Å².